The molecule has 1 fully saturated rings. The first kappa shape index (κ1) is 51.4. The van der Waals surface area contributed by atoms with Gasteiger partial charge >= 0.3 is 12.1 Å². The molecule has 1 saturated heterocycles. The molecule has 0 atom stereocenters. The molecule has 3 heterocycles. The van der Waals surface area contributed by atoms with Gasteiger partial charge in [0.2, 0.25) is 0 Å². The lowest BCUT2D eigenvalue weighted by Gasteiger charge is -2.29. The van der Waals surface area contributed by atoms with Crippen LogP contribution in [0.1, 0.15) is 75.4 Å². The van der Waals surface area contributed by atoms with Crippen LogP contribution < -0.4 is 15.4 Å². The zero-order valence-corrected chi connectivity index (χ0v) is 38.9. The number of nitrogens with zero attached hydrogens (tertiary/aromatic N) is 2. The number of ether oxygens (including phenoxy) is 6. The van der Waals surface area contributed by atoms with Crippen molar-refractivity contribution in [2.75, 3.05) is 97.6 Å². The lowest BCUT2D eigenvalue weighted by Crippen LogP contribution is -2.38. The molecule has 0 unspecified atom stereocenters. The Hall–Kier alpha value is -4.95. The third-order valence-electron chi connectivity index (χ3n) is 11.6. The number of aromatic nitrogens is 1. The standard InChI is InChI=1S/C49H61F3N4O10S/c1-48(2)13-9-40-42(32-48)67-46(43(40)41-31-37(10-14-53-41)44(57)54-33-34-5-3-7-38(29-34)49(50,51)52)55-45(58)36-6-4-8-39(30-36)66-28-27-65-26-25-64-24-23-63-22-21-62-20-19-61-18-17-56-15-11-35(12-16-56)47(59)60/h3-8,10,14,29-31,35H,9,11-13,15-28,32-33H2,1-2H3,(H,54,57)(H,55,58)(H,59,60). The highest BCUT2D eigenvalue weighted by Crippen LogP contribution is 2.48. The summed E-state index contributed by atoms with van der Waals surface area (Å²) in [7, 11) is 0. The smallest absolute Gasteiger partial charge is 0.416 e. The Labute approximate surface area is 393 Å². The van der Waals surface area contributed by atoms with Gasteiger partial charge in [-0.2, -0.15) is 13.2 Å². The molecule has 1 aliphatic heterocycles. The number of thiophene rings is 1. The number of carboxylic acids is 1. The molecule has 0 saturated carbocycles. The Bertz CT molecular complexity index is 2230. The second-order valence-corrected chi connectivity index (χ2v) is 18.3. The van der Waals surface area contributed by atoms with Gasteiger partial charge in [-0.1, -0.05) is 32.0 Å². The highest BCUT2D eigenvalue weighted by molar-refractivity contribution is 7.17. The van der Waals surface area contributed by atoms with E-state index in [1.54, 1.807) is 36.4 Å². The van der Waals surface area contributed by atoms with Crippen LogP contribution in [-0.2, 0) is 54.0 Å². The molecule has 3 N–H and O–H groups in total. The van der Waals surface area contributed by atoms with Crippen LogP contribution in [0.4, 0.5) is 18.2 Å². The maximum absolute atomic E-state index is 13.8. The zero-order chi connectivity index (χ0) is 47.7. The van der Waals surface area contributed by atoms with E-state index in [2.05, 4.69) is 34.4 Å². The summed E-state index contributed by atoms with van der Waals surface area (Å²) in [5.41, 5.74) is 2.61. The van der Waals surface area contributed by atoms with Crippen molar-refractivity contribution in [2.24, 2.45) is 11.3 Å². The van der Waals surface area contributed by atoms with E-state index >= 15 is 0 Å². The first-order chi connectivity index (χ1) is 32.3. The highest BCUT2D eigenvalue weighted by atomic mass is 32.1. The summed E-state index contributed by atoms with van der Waals surface area (Å²) in [4.78, 5) is 46.1. The fourth-order valence-electron chi connectivity index (χ4n) is 7.82. The Morgan fingerprint density at radius 3 is 2.09 bits per heavy atom. The molecule has 14 nitrogen and oxygen atoms in total. The number of carboxylic acid groups (broad SMARTS) is 1. The monoisotopic (exact) mass is 954 g/mol. The van der Waals surface area contributed by atoms with Crippen LogP contribution in [-0.4, -0.2) is 125 Å². The van der Waals surface area contributed by atoms with Crippen molar-refractivity contribution >= 4 is 34.1 Å². The van der Waals surface area contributed by atoms with E-state index in [1.165, 1.54) is 29.7 Å². The predicted octanol–water partition coefficient (Wildman–Crippen LogP) is 7.78. The van der Waals surface area contributed by atoms with Crippen LogP contribution in [0.5, 0.6) is 5.75 Å². The van der Waals surface area contributed by atoms with E-state index in [4.69, 9.17) is 33.5 Å². The van der Waals surface area contributed by atoms with E-state index in [0.717, 1.165) is 67.0 Å². The average molecular weight is 955 g/mol. The summed E-state index contributed by atoms with van der Waals surface area (Å²) < 4.78 is 73.6. The Kier molecular flexibility index (Phi) is 19.5. The van der Waals surface area contributed by atoms with E-state index in [1.807, 2.05) is 0 Å². The normalized spacial score (nSPS) is 15.2. The van der Waals surface area contributed by atoms with Crippen molar-refractivity contribution in [2.45, 2.75) is 58.7 Å². The van der Waals surface area contributed by atoms with Gasteiger partial charge in [-0.3, -0.25) is 19.4 Å². The summed E-state index contributed by atoms with van der Waals surface area (Å²) in [5, 5.41) is 15.5. The number of carbonyl (C=O) groups is 3. The van der Waals surface area contributed by atoms with Crippen LogP contribution in [0.3, 0.4) is 0 Å². The number of carbonyl (C=O) groups excluding carboxylic acids is 2. The van der Waals surface area contributed by atoms with Crippen molar-refractivity contribution < 1.29 is 61.1 Å². The van der Waals surface area contributed by atoms with Gasteiger partial charge in [0.15, 0.2) is 0 Å². The fraction of sp³-hybridized carbons (Fsp3) is 0.510. The van der Waals surface area contributed by atoms with Gasteiger partial charge in [0.05, 0.1) is 83.2 Å². The molecule has 6 rings (SSSR count). The molecule has 67 heavy (non-hydrogen) atoms. The van der Waals surface area contributed by atoms with Crippen LogP contribution in [0.15, 0.2) is 66.9 Å². The Morgan fingerprint density at radius 2 is 1.43 bits per heavy atom. The van der Waals surface area contributed by atoms with Crippen molar-refractivity contribution in [3.63, 3.8) is 0 Å². The molecule has 0 bridgehead atoms. The maximum Gasteiger partial charge on any atom is 0.416 e. The minimum absolute atomic E-state index is 0.0648. The number of hydrogen-bond donors (Lipinski definition) is 3. The van der Waals surface area contributed by atoms with Gasteiger partial charge in [0.1, 0.15) is 17.4 Å². The van der Waals surface area contributed by atoms with Crippen molar-refractivity contribution in [3.05, 3.63) is 99.6 Å². The molecule has 1 aliphatic carbocycles. The molecule has 2 aromatic carbocycles. The summed E-state index contributed by atoms with van der Waals surface area (Å²) >= 11 is 1.50. The first-order valence-electron chi connectivity index (χ1n) is 22.7. The zero-order valence-electron chi connectivity index (χ0n) is 38.1. The van der Waals surface area contributed by atoms with Crippen LogP contribution in [0.25, 0.3) is 11.3 Å². The van der Waals surface area contributed by atoms with Crippen LogP contribution >= 0.6 is 11.3 Å². The second kappa shape index (κ2) is 25.4. The number of benzene rings is 2. The van der Waals surface area contributed by atoms with Gasteiger partial charge in [0, 0.05) is 40.9 Å². The number of halogens is 3. The third-order valence-corrected chi connectivity index (χ3v) is 12.7. The molecule has 4 aromatic rings. The lowest BCUT2D eigenvalue weighted by molar-refractivity contribution is -0.143. The average Bonchev–Trinajstić information content (AvgIpc) is 3.66. The largest absolute Gasteiger partial charge is 0.491 e. The van der Waals surface area contributed by atoms with Gasteiger partial charge in [0.25, 0.3) is 11.8 Å². The molecule has 2 aliphatic rings. The van der Waals surface area contributed by atoms with E-state index in [9.17, 15) is 27.6 Å². The molecule has 2 aromatic heterocycles. The number of piperidine rings is 1. The number of aliphatic carboxylic acids is 1. The fourth-order valence-corrected chi connectivity index (χ4v) is 9.33. The summed E-state index contributed by atoms with van der Waals surface area (Å²) in [6.07, 6.45) is 0.913. The SMILES string of the molecule is CC1(C)CCc2c(sc(NC(=O)c3cccc(OCCOCCOCCOCCOCCOCCN4CCC(C(=O)O)CC4)c3)c2-c2cc(C(=O)NCc3cccc(C(F)(F)F)c3)ccn2)C1. The highest BCUT2D eigenvalue weighted by Gasteiger charge is 2.33. The number of anilines is 1. The van der Waals surface area contributed by atoms with E-state index < -0.39 is 23.6 Å². The summed E-state index contributed by atoms with van der Waals surface area (Å²) in [6, 6.07) is 14.9. The van der Waals surface area contributed by atoms with E-state index in [0.29, 0.717) is 106 Å². The maximum atomic E-state index is 13.8. The van der Waals surface area contributed by atoms with Crippen LogP contribution in [0.2, 0.25) is 0 Å². The first-order valence-corrected chi connectivity index (χ1v) is 23.5. The van der Waals surface area contributed by atoms with Crippen molar-refractivity contribution in [1.82, 2.24) is 15.2 Å². The number of amides is 2. The van der Waals surface area contributed by atoms with Gasteiger partial charge in [-0.15, -0.1) is 11.3 Å². The lowest BCUT2D eigenvalue weighted by atomic mass is 9.76. The molecular formula is C49H61F3N4O10S. The Balaban J connectivity index is 0.877. The number of nitrogens with one attached hydrogen (secondary N) is 2. The summed E-state index contributed by atoms with van der Waals surface area (Å²) in [6.45, 7) is 11.4. The number of likely N-dealkylation sites (tertiary alicyclic amines) is 1. The predicted molar refractivity (Wildman–Crippen MR) is 247 cm³/mol. The number of hydrogen-bond acceptors (Lipinski definition) is 12. The van der Waals surface area contributed by atoms with Gasteiger partial charge in [-0.05, 0) is 104 Å². The number of rotatable bonds is 26. The minimum Gasteiger partial charge on any atom is -0.491 e. The quantitative estimate of drug-likeness (QED) is 0.0524. The van der Waals surface area contributed by atoms with E-state index in [-0.39, 0.29) is 36.0 Å². The number of alkyl halides is 3. The molecule has 0 spiro atoms. The van der Waals surface area contributed by atoms with Crippen molar-refractivity contribution in [3.8, 4) is 17.0 Å². The second-order valence-electron chi connectivity index (χ2n) is 17.2. The van der Waals surface area contributed by atoms with Crippen molar-refractivity contribution in [1.29, 1.82) is 0 Å². The molecular weight excluding hydrogens is 894 g/mol. The number of fused-ring (bicyclic) bond motifs is 1. The molecule has 18 heteroatoms. The molecule has 0 radical (unpaired) electrons. The topological polar surface area (TPSA) is 167 Å². The number of pyridine rings is 1. The summed E-state index contributed by atoms with van der Waals surface area (Å²) in [5.74, 6) is -1.22. The molecule has 364 valence electrons. The minimum atomic E-state index is -4.49. The van der Waals surface area contributed by atoms with Crippen LogP contribution in [0, 0.1) is 11.3 Å². The Morgan fingerprint density at radius 1 is 0.806 bits per heavy atom. The molecule has 2 amide bonds. The third kappa shape index (κ3) is 16.4. The van der Waals surface area contributed by atoms with Gasteiger partial charge in [-0.25, -0.2) is 0 Å². The van der Waals surface area contributed by atoms with Gasteiger partial charge < -0.3 is 49.1 Å².